The molecule has 0 aliphatic heterocycles. The van der Waals surface area contributed by atoms with Gasteiger partial charge in [-0.3, -0.25) is 4.79 Å². The highest BCUT2D eigenvalue weighted by atomic mass is 35.5. The minimum Gasteiger partial charge on any atom is -0.490 e. The number of fused-ring (bicyclic) bond motifs is 1. The molecule has 0 radical (unpaired) electrons. The van der Waals surface area contributed by atoms with E-state index in [1.165, 1.54) is 0 Å². The van der Waals surface area contributed by atoms with Crippen molar-refractivity contribution in [2.24, 2.45) is 0 Å². The van der Waals surface area contributed by atoms with Crippen LogP contribution in [0.4, 0.5) is 5.69 Å². The number of rotatable bonds is 9. The molecule has 1 heterocycles. The molecular formula is C26H24Cl2N2O5. The topological polar surface area (TPSA) is 82.8 Å². The molecule has 9 heteroatoms. The van der Waals surface area contributed by atoms with Crippen molar-refractivity contribution in [3.05, 3.63) is 64.1 Å². The second-order valence-electron chi connectivity index (χ2n) is 7.38. The van der Waals surface area contributed by atoms with Crippen molar-refractivity contribution < 1.29 is 23.4 Å². The van der Waals surface area contributed by atoms with E-state index in [2.05, 4.69) is 10.3 Å². The summed E-state index contributed by atoms with van der Waals surface area (Å²) >= 11 is 12.4. The molecule has 182 valence electrons. The summed E-state index contributed by atoms with van der Waals surface area (Å²) in [6.07, 6.45) is 0. The van der Waals surface area contributed by atoms with Crippen LogP contribution in [0.1, 0.15) is 31.1 Å². The van der Waals surface area contributed by atoms with E-state index in [0.29, 0.717) is 80.9 Å². The summed E-state index contributed by atoms with van der Waals surface area (Å²) in [7, 11) is 0. The van der Waals surface area contributed by atoms with Crippen LogP contribution in [0, 0.1) is 0 Å². The maximum absolute atomic E-state index is 13.1. The highest BCUT2D eigenvalue weighted by Crippen LogP contribution is 2.39. The van der Waals surface area contributed by atoms with Gasteiger partial charge in [0.25, 0.3) is 5.91 Å². The Hall–Kier alpha value is -3.42. The smallest absolute Gasteiger partial charge is 0.255 e. The standard InChI is InChI=1S/C26H24Cl2N2O5/c1-4-32-22-11-15(12-23(33-5-2)24(22)34-6-3)25(31)29-17-8-10-21-20(14-17)30-26(35-21)18-13-16(27)7-9-19(18)28/h7-14H,4-6H2,1-3H3,(H,29,31). The molecule has 4 rings (SSSR count). The molecule has 35 heavy (non-hydrogen) atoms. The van der Waals surface area contributed by atoms with E-state index in [-0.39, 0.29) is 5.91 Å². The van der Waals surface area contributed by atoms with Gasteiger partial charge in [-0.15, -0.1) is 0 Å². The monoisotopic (exact) mass is 514 g/mol. The van der Waals surface area contributed by atoms with Gasteiger partial charge < -0.3 is 23.9 Å². The SMILES string of the molecule is CCOc1cc(C(=O)Nc2ccc3oc(-c4cc(Cl)ccc4Cl)nc3c2)cc(OCC)c1OCC. The van der Waals surface area contributed by atoms with Gasteiger partial charge >= 0.3 is 0 Å². The molecule has 0 atom stereocenters. The Morgan fingerprint density at radius 3 is 2.26 bits per heavy atom. The molecule has 0 saturated heterocycles. The normalized spacial score (nSPS) is 10.9. The number of aromatic nitrogens is 1. The van der Waals surface area contributed by atoms with Gasteiger partial charge in [0.05, 0.1) is 30.4 Å². The second kappa shape index (κ2) is 10.9. The number of oxazole rings is 1. The molecule has 1 N–H and O–H groups in total. The van der Waals surface area contributed by atoms with Crippen molar-refractivity contribution in [3.63, 3.8) is 0 Å². The van der Waals surface area contributed by atoms with Crippen LogP contribution in [0.25, 0.3) is 22.6 Å². The number of carbonyl (C=O) groups is 1. The van der Waals surface area contributed by atoms with Gasteiger partial charge in [0.2, 0.25) is 11.6 Å². The molecule has 0 saturated carbocycles. The summed E-state index contributed by atoms with van der Waals surface area (Å²) in [5, 5.41) is 3.88. The molecule has 1 amide bonds. The van der Waals surface area contributed by atoms with E-state index in [0.717, 1.165) is 0 Å². The van der Waals surface area contributed by atoms with Crippen LogP contribution in [-0.4, -0.2) is 30.7 Å². The van der Waals surface area contributed by atoms with Gasteiger partial charge in [-0.05, 0) is 69.3 Å². The Bertz CT molecular complexity index is 1340. The van der Waals surface area contributed by atoms with Crippen LogP contribution in [0.5, 0.6) is 17.2 Å². The Labute approximate surface area is 212 Å². The molecule has 0 aliphatic carbocycles. The molecule has 0 bridgehead atoms. The lowest BCUT2D eigenvalue weighted by atomic mass is 10.1. The Kier molecular flexibility index (Phi) is 7.68. The third-order valence-electron chi connectivity index (χ3n) is 4.98. The molecule has 0 fully saturated rings. The first kappa shape index (κ1) is 24.7. The van der Waals surface area contributed by atoms with Crippen molar-refractivity contribution in [1.82, 2.24) is 4.98 Å². The van der Waals surface area contributed by atoms with E-state index in [4.69, 9.17) is 41.8 Å². The van der Waals surface area contributed by atoms with Gasteiger partial charge in [0.1, 0.15) is 5.52 Å². The highest BCUT2D eigenvalue weighted by molar-refractivity contribution is 6.35. The van der Waals surface area contributed by atoms with E-state index in [1.54, 1.807) is 48.5 Å². The van der Waals surface area contributed by atoms with Crippen molar-refractivity contribution >= 4 is 45.9 Å². The minimum absolute atomic E-state index is 0.337. The molecule has 0 aliphatic rings. The first-order valence-electron chi connectivity index (χ1n) is 11.2. The van der Waals surface area contributed by atoms with Crippen molar-refractivity contribution in [2.75, 3.05) is 25.1 Å². The van der Waals surface area contributed by atoms with Crippen LogP contribution in [-0.2, 0) is 0 Å². The van der Waals surface area contributed by atoms with Crippen molar-refractivity contribution in [3.8, 4) is 28.7 Å². The fourth-order valence-corrected chi connectivity index (χ4v) is 3.88. The van der Waals surface area contributed by atoms with Crippen LogP contribution >= 0.6 is 23.2 Å². The molecule has 0 spiro atoms. The summed E-state index contributed by atoms with van der Waals surface area (Å²) in [6.45, 7) is 6.86. The Morgan fingerprint density at radius 1 is 0.914 bits per heavy atom. The van der Waals surface area contributed by atoms with E-state index in [9.17, 15) is 4.79 Å². The number of amides is 1. The van der Waals surface area contributed by atoms with Gasteiger partial charge in [-0.1, -0.05) is 23.2 Å². The van der Waals surface area contributed by atoms with Crippen molar-refractivity contribution in [2.45, 2.75) is 20.8 Å². The zero-order valence-electron chi connectivity index (χ0n) is 19.5. The summed E-state index contributed by atoms with van der Waals surface area (Å²) in [5.41, 5.74) is 2.61. The number of anilines is 1. The average molecular weight is 515 g/mol. The lowest BCUT2D eigenvalue weighted by molar-refractivity contribution is 0.102. The fourth-order valence-electron chi connectivity index (χ4n) is 3.50. The summed E-state index contributed by atoms with van der Waals surface area (Å²) in [4.78, 5) is 17.6. The van der Waals surface area contributed by atoms with Crippen LogP contribution in [0.15, 0.2) is 52.9 Å². The van der Waals surface area contributed by atoms with E-state index < -0.39 is 0 Å². The molecule has 4 aromatic rings. The first-order valence-corrected chi connectivity index (χ1v) is 11.9. The lowest BCUT2D eigenvalue weighted by Crippen LogP contribution is -2.13. The third kappa shape index (κ3) is 5.47. The molecule has 0 unspecified atom stereocenters. The summed E-state index contributed by atoms with van der Waals surface area (Å²) < 4.78 is 23.0. The van der Waals surface area contributed by atoms with Gasteiger partial charge in [-0.25, -0.2) is 4.98 Å². The minimum atomic E-state index is -0.337. The zero-order valence-corrected chi connectivity index (χ0v) is 21.0. The number of halogens is 2. The maximum Gasteiger partial charge on any atom is 0.255 e. The first-order chi connectivity index (χ1) is 16.9. The highest BCUT2D eigenvalue weighted by Gasteiger charge is 2.19. The second-order valence-corrected chi connectivity index (χ2v) is 8.22. The quantitative estimate of drug-likeness (QED) is 0.253. The van der Waals surface area contributed by atoms with Gasteiger partial charge in [-0.2, -0.15) is 0 Å². The third-order valence-corrected chi connectivity index (χ3v) is 5.54. The summed E-state index contributed by atoms with van der Waals surface area (Å²) in [6, 6.07) is 13.5. The van der Waals surface area contributed by atoms with Crippen molar-refractivity contribution in [1.29, 1.82) is 0 Å². The van der Waals surface area contributed by atoms with Gasteiger partial charge in [0.15, 0.2) is 17.1 Å². The molecule has 7 nitrogen and oxygen atoms in total. The Balaban J connectivity index is 1.63. The molecular weight excluding hydrogens is 491 g/mol. The van der Waals surface area contributed by atoms with Gasteiger partial charge in [0, 0.05) is 16.3 Å². The molecule has 1 aromatic heterocycles. The van der Waals surface area contributed by atoms with E-state index >= 15 is 0 Å². The summed E-state index contributed by atoms with van der Waals surface area (Å²) in [5.74, 6) is 1.37. The maximum atomic E-state index is 13.1. The number of carbonyl (C=O) groups excluding carboxylic acids is 1. The number of hydrogen-bond donors (Lipinski definition) is 1. The predicted molar refractivity (Wildman–Crippen MR) is 137 cm³/mol. The fraction of sp³-hybridized carbons (Fsp3) is 0.231. The number of ether oxygens (including phenoxy) is 3. The number of benzene rings is 3. The van der Waals surface area contributed by atoms with Crippen LogP contribution in [0.2, 0.25) is 10.0 Å². The lowest BCUT2D eigenvalue weighted by Gasteiger charge is -2.17. The van der Waals surface area contributed by atoms with E-state index in [1.807, 2.05) is 20.8 Å². The van der Waals surface area contributed by atoms with Crippen LogP contribution < -0.4 is 19.5 Å². The van der Waals surface area contributed by atoms with Crippen LogP contribution in [0.3, 0.4) is 0 Å². The number of hydrogen-bond acceptors (Lipinski definition) is 6. The number of nitrogens with zero attached hydrogens (tertiary/aromatic N) is 1. The largest absolute Gasteiger partial charge is 0.490 e. The average Bonchev–Trinajstić information content (AvgIpc) is 3.26. The molecule has 3 aromatic carbocycles. The predicted octanol–water partition coefficient (Wildman–Crippen LogP) is 7.25. The zero-order chi connectivity index (χ0) is 24.9. The number of nitrogens with one attached hydrogen (secondary N) is 1. The Morgan fingerprint density at radius 2 is 1.60 bits per heavy atom.